The van der Waals surface area contributed by atoms with Gasteiger partial charge in [-0.3, -0.25) is 4.79 Å². The van der Waals surface area contributed by atoms with Crippen LogP contribution in [0, 0.1) is 11.3 Å². The standard InChI is InChI=1S/C15H32N2O.ClH/c1-12(2)13(16)9-11-17(6)14(18)8-7-10-15(3,4)5;/h12-13H,7-11,16H2,1-6H3;1H. The van der Waals surface area contributed by atoms with Gasteiger partial charge in [-0.1, -0.05) is 34.6 Å². The zero-order chi connectivity index (χ0) is 14.3. The minimum Gasteiger partial charge on any atom is -0.346 e. The Morgan fingerprint density at radius 2 is 1.79 bits per heavy atom. The summed E-state index contributed by atoms with van der Waals surface area (Å²) in [6.45, 7) is 11.6. The number of amides is 1. The second-order valence-corrected chi connectivity index (χ2v) is 6.93. The maximum atomic E-state index is 11.9. The monoisotopic (exact) mass is 292 g/mol. The molecular formula is C15H33ClN2O. The van der Waals surface area contributed by atoms with Gasteiger partial charge in [-0.2, -0.15) is 0 Å². The molecule has 0 heterocycles. The van der Waals surface area contributed by atoms with Crippen molar-refractivity contribution in [2.45, 2.75) is 66.3 Å². The highest BCUT2D eigenvalue weighted by molar-refractivity contribution is 5.85. The number of nitrogens with two attached hydrogens (primary N) is 1. The topological polar surface area (TPSA) is 46.3 Å². The van der Waals surface area contributed by atoms with E-state index in [-0.39, 0.29) is 24.4 Å². The van der Waals surface area contributed by atoms with Crippen molar-refractivity contribution in [3.05, 3.63) is 0 Å². The molecule has 0 aromatic rings. The molecule has 0 aliphatic rings. The molecule has 0 aromatic carbocycles. The fourth-order valence-corrected chi connectivity index (χ4v) is 1.76. The highest BCUT2D eigenvalue weighted by atomic mass is 35.5. The summed E-state index contributed by atoms with van der Waals surface area (Å²) < 4.78 is 0. The molecule has 3 nitrogen and oxygen atoms in total. The first kappa shape index (κ1) is 21.0. The number of rotatable bonds is 7. The number of carbonyl (C=O) groups is 1. The van der Waals surface area contributed by atoms with Crippen molar-refractivity contribution in [2.24, 2.45) is 17.1 Å². The van der Waals surface area contributed by atoms with Crippen LogP contribution in [0.5, 0.6) is 0 Å². The van der Waals surface area contributed by atoms with Gasteiger partial charge in [-0.15, -0.1) is 12.4 Å². The van der Waals surface area contributed by atoms with Crippen molar-refractivity contribution < 1.29 is 4.79 Å². The molecule has 0 rings (SSSR count). The Labute approximate surface area is 125 Å². The second kappa shape index (κ2) is 9.60. The summed E-state index contributed by atoms with van der Waals surface area (Å²) in [5, 5.41) is 0. The maximum absolute atomic E-state index is 11.9. The van der Waals surface area contributed by atoms with Gasteiger partial charge in [-0.25, -0.2) is 0 Å². The van der Waals surface area contributed by atoms with E-state index < -0.39 is 0 Å². The number of hydrogen-bond donors (Lipinski definition) is 1. The van der Waals surface area contributed by atoms with Crippen LogP contribution in [-0.2, 0) is 4.79 Å². The van der Waals surface area contributed by atoms with Crippen molar-refractivity contribution in [3.8, 4) is 0 Å². The third kappa shape index (κ3) is 11.3. The van der Waals surface area contributed by atoms with Crippen molar-refractivity contribution in [1.29, 1.82) is 0 Å². The smallest absolute Gasteiger partial charge is 0.222 e. The summed E-state index contributed by atoms with van der Waals surface area (Å²) >= 11 is 0. The van der Waals surface area contributed by atoms with E-state index in [0.717, 1.165) is 25.8 Å². The number of carbonyl (C=O) groups excluding carboxylic acids is 1. The van der Waals surface area contributed by atoms with Crippen LogP contribution in [0.3, 0.4) is 0 Å². The minimum atomic E-state index is 0. The molecule has 0 aliphatic heterocycles. The van der Waals surface area contributed by atoms with E-state index in [4.69, 9.17) is 5.73 Å². The van der Waals surface area contributed by atoms with Gasteiger partial charge in [-0.05, 0) is 30.6 Å². The minimum absolute atomic E-state index is 0. The fraction of sp³-hybridized carbons (Fsp3) is 0.933. The second-order valence-electron chi connectivity index (χ2n) is 6.93. The van der Waals surface area contributed by atoms with Gasteiger partial charge in [0.2, 0.25) is 5.91 Å². The average molecular weight is 293 g/mol. The molecule has 0 radical (unpaired) electrons. The van der Waals surface area contributed by atoms with Crippen LogP contribution >= 0.6 is 12.4 Å². The van der Waals surface area contributed by atoms with Crippen LogP contribution in [0.1, 0.15) is 60.3 Å². The highest BCUT2D eigenvalue weighted by Gasteiger charge is 2.14. The van der Waals surface area contributed by atoms with E-state index in [9.17, 15) is 4.79 Å². The molecule has 19 heavy (non-hydrogen) atoms. The maximum Gasteiger partial charge on any atom is 0.222 e. The summed E-state index contributed by atoms with van der Waals surface area (Å²) in [7, 11) is 1.88. The first-order valence-electron chi connectivity index (χ1n) is 7.13. The van der Waals surface area contributed by atoms with E-state index in [1.165, 1.54) is 0 Å². The molecule has 0 fully saturated rings. The van der Waals surface area contributed by atoms with Crippen LogP contribution in [0.4, 0.5) is 0 Å². The van der Waals surface area contributed by atoms with Gasteiger partial charge in [0.25, 0.3) is 0 Å². The van der Waals surface area contributed by atoms with Crippen molar-refractivity contribution in [2.75, 3.05) is 13.6 Å². The Bertz CT molecular complexity index is 249. The molecule has 0 saturated carbocycles. The average Bonchev–Trinajstić information content (AvgIpc) is 2.23. The van der Waals surface area contributed by atoms with Crippen LogP contribution < -0.4 is 5.73 Å². The molecule has 0 aromatic heterocycles. The van der Waals surface area contributed by atoms with Gasteiger partial charge < -0.3 is 10.6 Å². The van der Waals surface area contributed by atoms with E-state index in [2.05, 4.69) is 34.6 Å². The molecule has 116 valence electrons. The molecule has 1 atom stereocenters. The van der Waals surface area contributed by atoms with Crippen LogP contribution in [0.15, 0.2) is 0 Å². The molecule has 1 unspecified atom stereocenters. The zero-order valence-electron chi connectivity index (χ0n) is 13.5. The number of hydrogen-bond acceptors (Lipinski definition) is 2. The predicted molar refractivity (Wildman–Crippen MR) is 85.6 cm³/mol. The summed E-state index contributed by atoms with van der Waals surface area (Å²) in [5.74, 6) is 0.726. The van der Waals surface area contributed by atoms with Gasteiger partial charge in [0.1, 0.15) is 0 Å². The lowest BCUT2D eigenvalue weighted by Gasteiger charge is -2.22. The van der Waals surface area contributed by atoms with E-state index in [1.54, 1.807) is 0 Å². The molecular weight excluding hydrogens is 260 g/mol. The Kier molecular flexibility index (Phi) is 10.6. The lowest BCUT2D eigenvalue weighted by molar-refractivity contribution is -0.130. The molecule has 2 N–H and O–H groups in total. The van der Waals surface area contributed by atoms with Crippen LogP contribution in [-0.4, -0.2) is 30.4 Å². The lowest BCUT2D eigenvalue weighted by Crippen LogP contribution is -2.34. The molecule has 0 spiro atoms. The molecule has 0 bridgehead atoms. The highest BCUT2D eigenvalue weighted by Crippen LogP contribution is 2.21. The SMILES string of the molecule is CC(C)C(N)CCN(C)C(=O)CCCC(C)(C)C.Cl. The lowest BCUT2D eigenvalue weighted by atomic mass is 9.90. The quantitative estimate of drug-likeness (QED) is 0.781. The van der Waals surface area contributed by atoms with Crippen molar-refractivity contribution in [1.82, 2.24) is 4.90 Å². The Balaban J connectivity index is 0. The summed E-state index contributed by atoms with van der Waals surface area (Å²) in [6.07, 6.45) is 3.62. The molecule has 0 aliphatic carbocycles. The molecule has 4 heteroatoms. The summed E-state index contributed by atoms with van der Waals surface area (Å²) in [6, 6.07) is 0.190. The van der Waals surface area contributed by atoms with Crippen LogP contribution in [0.2, 0.25) is 0 Å². The van der Waals surface area contributed by atoms with E-state index >= 15 is 0 Å². The number of halogens is 1. The molecule has 0 saturated heterocycles. The Hall–Kier alpha value is -0.280. The van der Waals surface area contributed by atoms with Gasteiger partial charge in [0, 0.05) is 26.1 Å². The normalized spacial score (nSPS) is 13.1. The molecule has 1 amide bonds. The number of nitrogens with zero attached hydrogens (tertiary/aromatic N) is 1. The third-order valence-corrected chi connectivity index (χ3v) is 3.40. The van der Waals surface area contributed by atoms with Gasteiger partial charge in [0.05, 0.1) is 0 Å². The summed E-state index contributed by atoms with van der Waals surface area (Å²) in [4.78, 5) is 13.7. The van der Waals surface area contributed by atoms with E-state index in [0.29, 0.717) is 17.8 Å². The van der Waals surface area contributed by atoms with Gasteiger partial charge >= 0.3 is 0 Å². The van der Waals surface area contributed by atoms with Crippen molar-refractivity contribution >= 4 is 18.3 Å². The Morgan fingerprint density at radius 1 is 1.26 bits per heavy atom. The zero-order valence-corrected chi connectivity index (χ0v) is 14.3. The van der Waals surface area contributed by atoms with Crippen LogP contribution in [0.25, 0.3) is 0 Å². The largest absolute Gasteiger partial charge is 0.346 e. The van der Waals surface area contributed by atoms with E-state index in [1.807, 2.05) is 11.9 Å². The first-order chi connectivity index (χ1) is 8.13. The predicted octanol–water partition coefficient (Wildman–Crippen LogP) is 3.46. The third-order valence-electron chi connectivity index (χ3n) is 3.40. The van der Waals surface area contributed by atoms with Gasteiger partial charge in [0.15, 0.2) is 0 Å². The fourth-order valence-electron chi connectivity index (χ4n) is 1.76. The van der Waals surface area contributed by atoms with Crippen molar-refractivity contribution in [3.63, 3.8) is 0 Å². The first-order valence-corrected chi connectivity index (χ1v) is 7.13. The summed E-state index contributed by atoms with van der Waals surface area (Å²) in [5.41, 5.74) is 6.30. The Morgan fingerprint density at radius 3 is 2.21 bits per heavy atom.